The molecule has 0 bridgehead atoms. The van der Waals surface area contributed by atoms with Crippen LogP contribution in [0.25, 0.3) is 0 Å². The van der Waals surface area contributed by atoms with E-state index in [-0.39, 0.29) is 9.80 Å². The Hall–Kier alpha value is -1.62. The highest BCUT2D eigenvalue weighted by atomic mass is 32.2. The Kier molecular flexibility index (Phi) is 3.75. The van der Waals surface area contributed by atoms with Gasteiger partial charge >= 0.3 is 0 Å². The first-order chi connectivity index (χ1) is 8.96. The molecule has 1 aromatic rings. The van der Waals surface area contributed by atoms with Crippen LogP contribution in [0.3, 0.4) is 0 Å². The van der Waals surface area contributed by atoms with Gasteiger partial charge in [-0.25, -0.2) is 8.42 Å². The van der Waals surface area contributed by atoms with Crippen LogP contribution in [0.5, 0.6) is 0 Å². The number of benzene rings is 1. The van der Waals surface area contributed by atoms with Gasteiger partial charge in [-0.1, -0.05) is 24.3 Å². The van der Waals surface area contributed by atoms with Crippen molar-refractivity contribution in [2.45, 2.75) is 30.7 Å². The summed E-state index contributed by atoms with van der Waals surface area (Å²) in [6, 6.07) is 6.27. The number of amides is 1. The second kappa shape index (κ2) is 5.17. The Morgan fingerprint density at radius 2 is 2.00 bits per heavy atom. The average molecular weight is 279 g/mol. The zero-order valence-electron chi connectivity index (χ0n) is 10.9. The van der Waals surface area contributed by atoms with Crippen molar-refractivity contribution in [3.8, 4) is 0 Å². The van der Waals surface area contributed by atoms with Gasteiger partial charge in [0.15, 0.2) is 0 Å². The molecule has 1 aliphatic rings. The number of hydrogen-bond donors (Lipinski definition) is 0. The molecule has 4 nitrogen and oxygen atoms in total. The van der Waals surface area contributed by atoms with Crippen LogP contribution < -0.4 is 0 Å². The third kappa shape index (κ3) is 2.56. The van der Waals surface area contributed by atoms with Gasteiger partial charge in [0.25, 0.3) is 0 Å². The SMILES string of the molecule is C=C(C1CCCN1C=O)S(=O)(=O)c1ccc(C)cc1. The van der Waals surface area contributed by atoms with E-state index in [1.165, 1.54) is 4.90 Å². The van der Waals surface area contributed by atoms with E-state index in [9.17, 15) is 13.2 Å². The Morgan fingerprint density at radius 3 is 2.58 bits per heavy atom. The van der Waals surface area contributed by atoms with E-state index >= 15 is 0 Å². The van der Waals surface area contributed by atoms with Crippen LogP contribution in [-0.2, 0) is 14.6 Å². The lowest BCUT2D eigenvalue weighted by molar-refractivity contribution is -0.118. The lowest BCUT2D eigenvalue weighted by Gasteiger charge is -2.22. The largest absolute Gasteiger partial charge is 0.338 e. The van der Waals surface area contributed by atoms with Crippen LogP contribution in [0.2, 0.25) is 0 Å². The van der Waals surface area contributed by atoms with E-state index in [2.05, 4.69) is 6.58 Å². The lowest BCUT2D eigenvalue weighted by atomic mass is 10.2. The Morgan fingerprint density at radius 1 is 1.37 bits per heavy atom. The number of rotatable bonds is 4. The Bertz CT molecular complexity index is 590. The average Bonchev–Trinajstić information content (AvgIpc) is 2.86. The summed E-state index contributed by atoms with van der Waals surface area (Å²) in [7, 11) is -3.58. The zero-order chi connectivity index (χ0) is 14.0. The van der Waals surface area contributed by atoms with E-state index < -0.39 is 15.9 Å². The van der Waals surface area contributed by atoms with Crippen molar-refractivity contribution in [2.75, 3.05) is 6.54 Å². The van der Waals surface area contributed by atoms with Crippen LogP contribution in [0.4, 0.5) is 0 Å². The molecule has 1 unspecified atom stereocenters. The van der Waals surface area contributed by atoms with Crippen molar-refractivity contribution in [3.63, 3.8) is 0 Å². The highest BCUT2D eigenvalue weighted by molar-refractivity contribution is 7.95. The van der Waals surface area contributed by atoms with Gasteiger partial charge in [-0.3, -0.25) is 4.79 Å². The predicted molar refractivity (Wildman–Crippen MR) is 73.3 cm³/mol. The molecule has 19 heavy (non-hydrogen) atoms. The molecule has 5 heteroatoms. The molecule has 1 atom stereocenters. The molecular formula is C14H17NO3S. The molecule has 1 aliphatic heterocycles. The van der Waals surface area contributed by atoms with Crippen molar-refractivity contribution in [2.24, 2.45) is 0 Å². The summed E-state index contributed by atoms with van der Waals surface area (Å²) < 4.78 is 24.9. The monoisotopic (exact) mass is 279 g/mol. The van der Waals surface area contributed by atoms with Crippen LogP contribution in [-0.4, -0.2) is 32.3 Å². The summed E-state index contributed by atoms with van der Waals surface area (Å²) in [5, 5.41) is 0. The normalized spacial score (nSPS) is 19.4. The number of sulfone groups is 1. The molecule has 0 N–H and O–H groups in total. The van der Waals surface area contributed by atoms with Gasteiger partial charge in [-0.05, 0) is 31.9 Å². The second-order valence-corrected chi connectivity index (χ2v) is 6.79. The summed E-state index contributed by atoms with van der Waals surface area (Å²) in [6.45, 7) is 6.21. The minimum Gasteiger partial charge on any atom is -0.338 e. The standard InChI is InChI=1S/C14H17NO3S/c1-11-5-7-13(8-6-11)19(17,18)12(2)14-4-3-9-15(14)10-16/h5-8,10,14H,2-4,9H2,1H3. The van der Waals surface area contributed by atoms with E-state index in [1.807, 2.05) is 6.92 Å². The maximum atomic E-state index is 12.4. The highest BCUT2D eigenvalue weighted by Gasteiger charge is 2.33. The molecule has 0 aromatic heterocycles. The molecule has 2 rings (SSSR count). The minimum atomic E-state index is -3.58. The van der Waals surface area contributed by atoms with Crippen LogP contribution in [0.1, 0.15) is 18.4 Å². The number of carbonyl (C=O) groups excluding carboxylic acids is 1. The van der Waals surface area contributed by atoms with Crippen LogP contribution in [0, 0.1) is 6.92 Å². The number of aryl methyl sites for hydroxylation is 1. The first-order valence-corrected chi connectivity index (χ1v) is 7.66. The molecule has 0 spiro atoms. The first-order valence-electron chi connectivity index (χ1n) is 6.18. The van der Waals surface area contributed by atoms with Crippen molar-refractivity contribution in [3.05, 3.63) is 41.3 Å². The van der Waals surface area contributed by atoms with E-state index in [0.29, 0.717) is 19.4 Å². The Balaban J connectivity index is 2.31. The smallest absolute Gasteiger partial charge is 0.210 e. The van der Waals surface area contributed by atoms with E-state index in [1.54, 1.807) is 24.3 Å². The van der Waals surface area contributed by atoms with Crippen molar-refractivity contribution in [1.29, 1.82) is 0 Å². The molecule has 0 saturated carbocycles. The van der Waals surface area contributed by atoms with E-state index in [4.69, 9.17) is 0 Å². The predicted octanol–water partition coefficient (Wildman–Crippen LogP) is 1.90. The summed E-state index contributed by atoms with van der Waals surface area (Å²) in [5.74, 6) is 0. The van der Waals surface area contributed by atoms with Crippen LogP contribution >= 0.6 is 0 Å². The molecule has 1 aromatic carbocycles. The third-order valence-corrected chi connectivity index (χ3v) is 5.33. The molecule has 0 aliphatic carbocycles. The second-order valence-electron chi connectivity index (χ2n) is 4.78. The molecule has 1 fully saturated rings. The van der Waals surface area contributed by atoms with Crippen molar-refractivity contribution < 1.29 is 13.2 Å². The van der Waals surface area contributed by atoms with Gasteiger partial charge in [-0.2, -0.15) is 0 Å². The number of likely N-dealkylation sites (tertiary alicyclic amines) is 1. The summed E-state index contributed by atoms with van der Waals surface area (Å²) in [6.07, 6.45) is 2.17. The summed E-state index contributed by atoms with van der Waals surface area (Å²) in [5.41, 5.74) is 1.000. The Labute approximate surface area is 113 Å². The third-order valence-electron chi connectivity index (χ3n) is 3.48. The first kappa shape index (κ1) is 13.8. The van der Waals surface area contributed by atoms with Crippen molar-refractivity contribution in [1.82, 2.24) is 4.90 Å². The molecule has 1 saturated heterocycles. The van der Waals surface area contributed by atoms with Gasteiger partial charge in [0.1, 0.15) is 0 Å². The van der Waals surface area contributed by atoms with E-state index in [0.717, 1.165) is 12.0 Å². The molecule has 0 radical (unpaired) electrons. The summed E-state index contributed by atoms with van der Waals surface area (Å²) >= 11 is 0. The molecule has 102 valence electrons. The number of hydrogen-bond acceptors (Lipinski definition) is 3. The maximum absolute atomic E-state index is 12.4. The van der Waals surface area contributed by atoms with Gasteiger partial charge in [-0.15, -0.1) is 0 Å². The lowest BCUT2D eigenvalue weighted by Crippen LogP contribution is -2.32. The number of nitrogens with zero attached hydrogens (tertiary/aromatic N) is 1. The molecule has 1 amide bonds. The van der Waals surface area contributed by atoms with Gasteiger partial charge in [0.2, 0.25) is 16.2 Å². The molecule has 1 heterocycles. The fourth-order valence-electron chi connectivity index (χ4n) is 2.31. The number of carbonyl (C=O) groups is 1. The van der Waals surface area contributed by atoms with Crippen molar-refractivity contribution >= 4 is 16.2 Å². The highest BCUT2D eigenvalue weighted by Crippen LogP contribution is 2.29. The maximum Gasteiger partial charge on any atom is 0.210 e. The topological polar surface area (TPSA) is 54.5 Å². The molecular weight excluding hydrogens is 262 g/mol. The minimum absolute atomic E-state index is 0.112. The van der Waals surface area contributed by atoms with Crippen LogP contribution in [0.15, 0.2) is 40.6 Å². The van der Waals surface area contributed by atoms with Gasteiger partial charge in [0.05, 0.1) is 15.8 Å². The fraction of sp³-hybridized carbons (Fsp3) is 0.357. The summed E-state index contributed by atoms with van der Waals surface area (Å²) in [4.78, 5) is 12.8. The zero-order valence-corrected chi connectivity index (χ0v) is 11.7. The quantitative estimate of drug-likeness (QED) is 0.791. The van der Waals surface area contributed by atoms with Gasteiger partial charge < -0.3 is 4.90 Å². The van der Waals surface area contributed by atoms with Gasteiger partial charge in [0, 0.05) is 6.54 Å². The fourth-order valence-corrected chi connectivity index (χ4v) is 3.72.